The van der Waals surface area contributed by atoms with Gasteiger partial charge < -0.3 is 5.11 Å². The third kappa shape index (κ3) is 1.11. The zero-order chi connectivity index (χ0) is 12.3. The van der Waals surface area contributed by atoms with Crippen molar-refractivity contribution in [3.05, 3.63) is 54.1 Å². The Balaban J connectivity index is 2.46. The number of hydrogen-bond donors (Lipinski definition) is 1. The minimum Gasteiger partial charge on any atom is -0.507 e. The highest BCUT2D eigenvalue weighted by Crippen LogP contribution is 2.39. The maximum atomic E-state index is 10.2. The summed E-state index contributed by atoms with van der Waals surface area (Å²) in [4.78, 5) is 0. The van der Waals surface area contributed by atoms with Crippen molar-refractivity contribution in [3.8, 4) is 5.75 Å². The molecule has 18 heavy (non-hydrogen) atoms. The van der Waals surface area contributed by atoms with Crippen LogP contribution in [0.3, 0.4) is 0 Å². The van der Waals surface area contributed by atoms with Gasteiger partial charge in [-0.15, -0.1) is 0 Å². The molecule has 86 valence electrons. The molecule has 1 N–H and O–H groups in total. The normalized spacial score (nSPS) is 11.8. The van der Waals surface area contributed by atoms with E-state index >= 15 is 0 Å². The Kier molecular flexibility index (Phi) is 1.69. The van der Waals surface area contributed by atoms with Crippen LogP contribution < -0.4 is 0 Å². The number of aromatic hydroxyl groups is 1. The van der Waals surface area contributed by atoms with Gasteiger partial charge >= 0.3 is 0 Å². The molecule has 0 aromatic heterocycles. The van der Waals surface area contributed by atoms with E-state index in [1.165, 1.54) is 27.1 Å². The second-order valence-electron chi connectivity index (χ2n) is 4.95. The van der Waals surface area contributed by atoms with Crippen molar-refractivity contribution < 1.29 is 5.11 Å². The number of phenols is 1. The molecule has 0 radical (unpaired) electrons. The van der Waals surface area contributed by atoms with Gasteiger partial charge in [0, 0.05) is 10.8 Å². The lowest BCUT2D eigenvalue weighted by atomic mass is 9.92. The van der Waals surface area contributed by atoms with Gasteiger partial charge in [-0.2, -0.15) is 0 Å². The standard InChI is InChI=1S/C17H12O/c1-10-7-12-6-5-11-3-2-4-14-15(18)9-13(8-10)16(12)17(11)14/h2-9,18H,1H3. The molecule has 0 aliphatic carbocycles. The summed E-state index contributed by atoms with van der Waals surface area (Å²) in [6.07, 6.45) is 0. The molecule has 4 aromatic carbocycles. The third-order valence-corrected chi connectivity index (χ3v) is 3.70. The Morgan fingerprint density at radius 3 is 2.44 bits per heavy atom. The lowest BCUT2D eigenvalue weighted by Crippen LogP contribution is -1.85. The average molecular weight is 232 g/mol. The molecule has 0 saturated carbocycles. The highest BCUT2D eigenvalue weighted by Gasteiger charge is 2.11. The maximum absolute atomic E-state index is 10.2. The maximum Gasteiger partial charge on any atom is 0.124 e. The Morgan fingerprint density at radius 1 is 0.778 bits per heavy atom. The van der Waals surface area contributed by atoms with Crippen molar-refractivity contribution in [1.29, 1.82) is 0 Å². The Bertz CT molecular complexity index is 890. The van der Waals surface area contributed by atoms with E-state index < -0.39 is 0 Å². The van der Waals surface area contributed by atoms with E-state index in [0.29, 0.717) is 5.75 Å². The van der Waals surface area contributed by atoms with E-state index in [-0.39, 0.29) is 0 Å². The van der Waals surface area contributed by atoms with Crippen molar-refractivity contribution in [2.45, 2.75) is 6.92 Å². The zero-order valence-electron chi connectivity index (χ0n) is 10.1. The van der Waals surface area contributed by atoms with E-state index in [9.17, 15) is 5.11 Å². The van der Waals surface area contributed by atoms with Crippen molar-refractivity contribution >= 4 is 32.3 Å². The first-order valence-corrected chi connectivity index (χ1v) is 6.11. The Labute approximate surface area is 105 Å². The quantitative estimate of drug-likeness (QED) is 0.439. The highest BCUT2D eigenvalue weighted by molar-refractivity contribution is 6.24. The van der Waals surface area contributed by atoms with Crippen LogP contribution in [0.15, 0.2) is 48.5 Å². The fourth-order valence-corrected chi connectivity index (χ4v) is 2.98. The molecular formula is C17H12O. The average Bonchev–Trinajstić information content (AvgIpc) is 2.36. The fraction of sp³-hybridized carbons (Fsp3) is 0.0588. The molecule has 0 unspecified atom stereocenters. The predicted molar refractivity (Wildman–Crippen MR) is 76.5 cm³/mol. The first kappa shape index (κ1) is 9.72. The molecule has 4 rings (SSSR count). The molecular weight excluding hydrogens is 220 g/mol. The molecule has 1 nitrogen and oxygen atoms in total. The SMILES string of the molecule is Cc1cc2ccc3cccc4c(O)cc(c1)c2c34. The lowest BCUT2D eigenvalue weighted by molar-refractivity contribution is 0.482. The van der Waals surface area contributed by atoms with Gasteiger partial charge in [0.2, 0.25) is 0 Å². The van der Waals surface area contributed by atoms with Crippen LogP contribution in [0.1, 0.15) is 5.56 Å². The summed E-state index contributed by atoms with van der Waals surface area (Å²) in [6, 6.07) is 16.6. The molecule has 0 aliphatic rings. The Hall–Kier alpha value is -2.28. The van der Waals surface area contributed by atoms with Gasteiger partial charge in [-0.1, -0.05) is 42.5 Å². The van der Waals surface area contributed by atoms with Gasteiger partial charge in [-0.25, -0.2) is 0 Å². The van der Waals surface area contributed by atoms with E-state index in [4.69, 9.17) is 0 Å². The van der Waals surface area contributed by atoms with Crippen molar-refractivity contribution in [2.75, 3.05) is 0 Å². The van der Waals surface area contributed by atoms with Gasteiger partial charge in [0.05, 0.1) is 0 Å². The number of phenolic OH excluding ortho intramolecular Hbond substituents is 1. The van der Waals surface area contributed by atoms with Crippen LogP contribution in [-0.2, 0) is 0 Å². The van der Waals surface area contributed by atoms with Crippen molar-refractivity contribution in [1.82, 2.24) is 0 Å². The molecule has 0 bridgehead atoms. The number of rotatable bonds is 0. The van der Waals surface area contributed by atoms with Crippen LogP contribution in [0.2, 0.25) is 0 Å². The Morgan fingerprint density at radius 2 is 1.56 bits per heavy atom. The number of hydrogen-bond acceptors (Lipinski definition) is 1. The summed E-state index contributed by atoms with van der Waals surface area (Å²) in [5, 5.41) is 17.1. The van der Waals surface area contributed by atoms with Crippen LogP contribution in [0.5, 0.6) is 5.75 Å². The lowest BCUT2D eigenvalue weighted by Gasteiger charge is -2.12. The molecule has 1 heteroatoms. The van der Waals surface area contributed by atoms with Gasteiger partial charge in [-0.3, -0.25) is 0 Å². The zero-order valence-corrected chi connectivity index (χ0v) is 10.1. The summed E-state index contributed by atoms with van der Waals surface area (Å²) in [7, 11) is 0. The number of benzene rings is 4. The smallest absolute Gasteiger partial charge is 0.124 e. The van der Waals surface area contributed by atoms with Crippen LogP contribution in [0.4, 0.5) is 0 Å². The minimum absolute atomic E-state index is 0.367. The second-order valence-corrected chi connectivity index (χ2v) is 4.95. The molecule has 0 amide bonds. The molecule has 0 saturated heterocycles. The van der Waals surface area contributed by atoms with Crippen LogP contribution in [-0.4, -0.2) is 5.11 Å². The van der Waals surface area contributed by atoms with Gasteiger partial charge in [0.1, 0.15) is 5.75 Å². The van der Waals surface area contributed by atoms with Gasteiger partial charge in [0.15, 0.2) is 0 Å². The highest BCUT2D eigenvalue weighted by atomic mass is 16.3. The topological polar surface area (TPSA) is 20.2 Å². The summed E-state index contributed by atoms with van der Waals surface area (Å²) >= 11 is 0. The van der Waals surface area contributed by atoms with Crippen LogP contribution >= 0.6 is 0 Å². The van der Waals surface area contributed by atoms with E-state index in [0.717, 1.165) is 10.8 Å². The van der Waals surface area contributed by atoms with Crippen molar-refractivity contribution in [2.24, 2.45) is 0 Å². The second kappa shape index (κ2) is 3.14. The van der Waals surface area contributed by atoms with E-state index in [1.54, 1.807) is 0 Å². The summed E-state index contributed by atoms with van der Waals surface area (Å²) < 4.78 is 0. The van der Waals surface area contributed by atoms with E-state index in [1.807, 2.05) is 18.2 Å². The van der Waals surface area contributed by atoms with Gasteiger partial charge in [-0.05, 0) is 40.1 Å². The van der Waals surface area contributed by atoms with Crippen molar-refractivity contribution in [3.63, 3.8) is 0 Å². The monoisotopic (exact) mass is 232 g/mol. The first-order valence-electron chi connectivity index (χ1n) is 6.11. The molecule has 0 heterocycles. The van der Waals surface area contributed by atoms with Crippen LogP contribution in [0, 0.1) is 6.92 Å². The third-order valence-electron chi connectivity index (χ3n) is 3.70. The minimum atomic E-state index is 0.367. The molecule has 0 spiro atoms. The first-order chi connectivity index (χ1) is 8.74. The molecule has 0 atom stereocenters. The summed E-state index contributed by atoms with van der Waals surface area (Å²) in [5.74, 6) is 0.367. The number of aryl methyl sites for hydroxylation is 1. The summed E-state index contributed by atoms with van der Waals surface area (Å²) in [5.41, 5.74) is 1.22. The molecule has 0 aliphatic heterocycles. The molecule has 0 fully saturated rings. The largest absolute Gasteiger partial charge is 0.507 e. The fourth-order valence-electron chi connectivity index (χ4n) is 2.98. The van der Waals surface area contributed by atoms with E-state index in [2.05, 4.69) is 37.3 Å². The van der Waals surface area contributed by atoms with Gasteiger partial charge in [0.25, 0.3) is 0 Å². The predicted octanol–water partition coefficient (Wildman–Crippen LogP) is 4.60. The summed E-state index contributed by atoms with van der Waals surface area (Å²) in [6.45, 7) is 2.09. The molecule has 4 aromatic rings. The van der Waals surface area contributed by atoms with Crippen LogP contribution in [0.25, 0.3) is 32.3 Å².